The standard InChI is InChI=1S/C17H18F3N7O/c1-9-8-12(27-16(21-9)23-15(24-27)17(18,19)20)26-6-4-10(5-7-26)13-22-14(28-25-13)11-2-3-11/h8,10-11H,2-7H2,1H3. The van der Waals surface area contributed by atoms with Crippen LogP contribution in [0.5, 0.6) is 0 Å². The minimum absolute atomic E-state index is 0.0447. The minimum atomic E-state index is -4.61. The lowest BCUT2D eigenvalue weighted by Gasteiger charge is -2.32. The van der Waals surface area contributed by atoms with Crippen molar-refractivity contribution in [3.63, 3.8) is 0 Å². The zero-order valence-corrected chi connectivity index (χ0v) is 15.1. The molecule has 2 fully saturated rings. The summed E-state index contributed by atoms with van der Waals surface area (Å²) in [6.07, 6.45) is -0.824. The smallest absolute Gasteiger partial charge is 0.356 e. The minimum Gasteiger partial charge on any atom is -0.356 e. The van der Waals surface area contributed by atoms with Crippen molar-refractivity contribution < 1.29 is 17.7 Å². The molecule has 1 saturated carbocycles. The Bertz CT molecular complexity index is 1020. The second kappa shape index (κ2) is 6.14. The molecule has 148 valence electrons. The van der Waals surface area contributed by atoms with Crippen molar-refractivity contribution >= 4 is 11.6 Å². The van der Waals surface area contributed by atoms with Crippen molar-refractivity contribution in [1.82, 2.24) is 29.7 Å². The van der Waals surface area contributed by atoms with Crippen LogP contribution in [0.25, 0.3) is 5.78 Å². The van der Waals surface area contributed by atoms with Gasteiger partial charge in [-0.3, -0.25) is 0 Å². The average molecular weight is 393 g/mol. The predicted octanol–water partition coefficient (Wildman–Crippen LogP) is 3.10. The van der Waals surface area contributed by atoms with Crippen LogP contribution in [0.2, 0.25) is 0 Å². The SMILES string of the molecule is Cc1cc(N2CCC(c3noc(C4CC4)n3)CC2)n2nc(C(F)(F)F)nc2n1. The van der Waals surface area contributed by atoms with E-state index in [1.165, 1.54) is 4.52 Å². The molecular weight excluding hydrogens is 375 g/mol. The molecule has 0 aromatic carbocycles. The first-order valence-corrected chi connectivity index (χ1v) is 9.28. The van der Waals surface area contributed by atoms with Gasteiger partial charge in [-0.05, 0) is 32.6 Å². The van der Waals surface area contributed by atoms with Crippen LogP contribution in [0.4, 0.5) is 19.0 Å². The lowest BCUT2D eigenvalue weighted by Crippen LogP contribution is -2.34. The first-order chi connectivity index (χ1) is 13.4. The molecule has 28 heavy (non-hydrogen) atoms. The third-order valence-corrected chi connectivity index (χ3v) is 5.24. The zero-order valence-electron chi connectivity index (χ0n) is 15.1. The van der Waals surface area contributed by atoms with E-state index < -0.39 is 12.0 Å². The average Bonchev–Trinajstić information content (AvgIpc) is 3.22. The van der Waals surface area contributed by atoms with Crippen molar-refractivity contribution in [1.29, 1.82) is 0 Å². The Morgan fingerprint density at radius 3 is 2.46 bits per heavy atom. The fraction of sp³-hybridized carbons (Fsp3) is 0.588. The lowest BCUT2D eigenvalue weighted by molar-refractivity contribution is -0.144. The van der Waals surface area contributed by atoms with Gasteiger partial charge in [0.2, 0.25) is 5.89 Å². The molecule has 4 heterocycles. The van der Waals surface area contributed by atoms with E-state index in [-0.39, 0.29) is 11.7 Å². The normalized spacial score (nSPS) is 18.9. The Labute approximate surface area is 157 Å². The van der Waals surface area contributed by atoms with Crippen LogP contribution in [0.1, 0.15) is 60.8 Å². The second-order valence-electron chi connectivity index (χ2n) is 7.43. The van der Waals surface area contributed by atoms with E-state index in [1.807, 2.05) is 4.90 Å². The topological polar surface area (TPSA) is 85.2 Å². The molecule has 3 aromatic heterocycles. The maximum Gasteiger partial charge on any atom is 0.453 e. The van der Waals surface area contributed by atoms with E-state index in [1.54, 1.807) is 13.0 Å². The predicted molar refractivity (Wildman–Crippen MR) is 91.0 cm³/mol. The van der Waals surface area contributed by atoms with Gasteiger partial charge in [0.05, 0.1) is 0 Å². The first kappa shape index (κ1) is 17.4. The van der Waals surface area contributed by atoms with Crippen LogP contribution < -0.4 is 4.90 Å². The van der Waals surface area contributed by atoms with Crippen molar-refractivity contribution in [2.75, 3.05) is 18.0 Å². The third-order valence-electron chi connectivity index (χ3n) is 5.24. The van der Waals surface area contributed by atoms with Crippen LogP contribution in [-0.2, 0) is 6.18 Å². The highest BCUT2D eigenvalue weighted by Gasteiger charge is 2.37. The summed E-state index contributed by atoms with van der Waals surface area (Å²) in [5, 5.41) is 7.77. The maximum absolute atomic E-state index is 13.0. The molecule has 1 aliphatic heterocycles. The summed E-state index contributed by atoms with van der Waals surface area (Å²) in [7, 11) is 0. The molecule has 3 aromatic rings. The van der Waals surface area contributed by atoms with Gasteiger partial charge in [-0.25, -0.2) is 4.98 Å². The highest BCUT2D eigenvalue weighted by Crippen LogP contribution is 2.40. The molecule has 0 spiro atoms. The number of nitrogens with zero attached hydrogens (tertiary/aromatic N) is 7. The van der Waals surface area contributed by atoms with Crippen molar-refractivity contribution in [2.24, 2.45) is 0 Å². The molecule has 2 aliphatic rings. The molecule has 8 nitrogen and oxygen atoms in total. The maximum atomic E-state index is 13.0. The number of anilines is 1. The Morgan fingerprint density at radius 1 is 1.04 bits per heavy atom. The third kappa shape index (κ3) is 3.08. The van der Waals surface area contributed by atoms with E-state index in [2.05, 4.69) is 25.2 Å². The van der Waals surface area contributed by atoms with Crippen molar-refractivity contribution in [3.8, 4) is 0 Å². The summed E-state index contributed by atoms with van der Waals surface area (Å²) in [5.41, 5.74) is 0.595. The summed E-state index contributed by atoms with van der Waals surface area (Å²) < 4.78 is 45.5. The van der Waals surface area contributed by atoms with Gasteiger partial charge in [0.1, 0.15) is 5.82 Å². The van der Waals surface area contributed by atoms with Gasteiger partial charge in [0.15, 0.2) is 5.82 Å². The summed E-state index contributed by atoms with van der Waals surface area (Å²) in [6, 6.07) is 1.74. The number of aryl methyl sites for hydroxylation is 1. The van der Waals surface area contributed by atoms with Gasteiger partial charge in [0, 0.05) is 36.7 Å². The Kier molecular flexibility index (Phi) is 3.81. The molecule has 0 amide bonds. The van der Waals surface area contributed by atoms with Crippen molar-refractivity contribution in [2.45, 2.75) is 50.6 Å². The molecule has 11 heteroatoms. The van der Waals surface area contributed by atoms with E-state index in [4.69, 9.17) is 4.52 Å². The monoisotopic (exact) mass is 393 g/mol. The van der Waals surface area contributed by atoms with E-state index in [0.29, 0.717) is 30.5 Å². The molecule has 0 N–H and O–H groups in total. The fourth-order valence-corrected chi connectivity index (χ4v) is 3.59. The summed E-state index contributed by atoms with van der Waals surface area (Å²) in [6.45, 7) is 3.03. The van der Waals surface area contributed by atoms with E-state index >= 15 is 0 Å². The number of hydrogen-bond acceptors (Lipinski definition) is 7. The Balaban J connectivity index is 1.38. The molecule has 0 bridgehead atoms. The Hall–Kier alpha value is -2.72. The second-order valence-corrected chi connectivity index (χ2v) is 7.43. The summed E-state index contributed by atoms with van der Waals surface area (Å²) in [5.74, 6) is 1.41. The van der Waals surface area contributed by atoms with Crippen LogP contribution >= 0.6 is 0 Å². The number of hydrogen-bond donors (Lipinski definition) is 0. The zero-order chi connectivity index (χ0) is 19.5. The van der Waals surface area contributed by atoms with Crippen molar-refractivity contribution in [3.05, 3.63) is 29.3 Å². The highest BCUT2D eigenvalue weighted by molar-refractivity contribution is 5.48. The van der Waals surface area contributed by atoms with Gasteiger partial charge in [-0.15, -0.1) is 5.10 Å². The number of rotatable bonds is 3. The molecule has 1 saturated heterocycles. The van der Waals surface area contributed by atoms with E-state index in [0.717, 1.165) is 37.4 Å². The molecule has 0 atom stereocenters. The number of piperidine rings is 1. The highest BCUT2D eigenvalue weighted by atomic mass is 19.4. The van der Waals surface area contributed by atoms with E-state index in [9.17, 15) is 13.2 Å². The number of fused-ring (bicyclic) bond motifs is 1. The molecule has 0 radical (unpaired) electrons. The quantitative estimate of drug-likeness (QED) is 0.676. The van der Waals surface area contributed by atoms with Crippen LogP contribution in [-0.4, -0.2) is 42.8 Å². The lowest BCUT2D eigenvalue weighted by atomic mass is 9.96. The van der Waals surface area contributed by atoms with Gasteiger partial charge in [-0.1, -0.05) is 5.16 Å². The number of alkyl halides is 3. The molecular formula is C17H18F3N7O. The first-order valence-electron chi connectivity index (χ1n) is 9.28. The van der Waals surface area contributed by atoms with Gasteiger partial charge in [-0.2, -0.15) is 27.7 Å². The van der Waals surface area contributed by atoms with Crippen LogP contribution in [0.15, 0.2) is 10.6 Å². The Morgan fingerprint density at radius 2 is 1.79 bits per heavy atom. The van der Waals surface area contributed by atoms with Crippen LogP contribution in [0, 0.1) is 6.92 Å². The van der Waals surface area contributed by atoms with Gasteiger partial charge < -0.3 is 9.42 Å². The fourth-order valence-electron chi connectivity index (χ4n) is 3.59. The largest absolute Gasteiger partial charge is 0.453 e. The molecule has 0 unspecified atom stereocenters. The summed E-state index contributed by atoms with van der Waals surface area (Å²) in [4.78, 5) is 14.2. The van der Waals surface area contributed by atoms with Crippen LogP contribution in [0.3, 0.4) is 0 Å². The molecule has 5 rings (SSSR count). The van der Waals surface area contributed by atoms with Gasteiger partial charge in [0.25, 0.3) is 11.6 Å². The number of aromatic nitrogens is 6. The summed E-state index contributed by atoms with van der Waals surface area (Å²) >= 11 is 0. The number of halogens is 3. The van der Waals surface area contributed by atoms with Gasteiger partial charge >= 0.3 is 6.18 Å². The molecule has 1 aliphatic carbocycles.